The minimum absolute atomic E-state index is 0.0549. The van der Waals surface area contributed by atoms with Gasteiger partial charge in [-0.3, -0.25) is 14.9 Å². The third kappa shape index (κ3) is 3.44. The summed E-state index contributed by atoms with van der Waals surface area (Å²) in [5, 5.41) is 2.60. The molecule has 1 N–H and O–H groups in total. The molecule has 2 fully saturated rings. The number of hydrogen-bond acceptors (Lipinski definition) is 7. The van der Waals surface area contributed by atoms with E-state index in [4.69, 9.17) is 4.42 Å². The van der Waals surface area contributed by atoms with Crippen molar-refractivity contribution in [2.45, 2.75) is 12.8 Å². The number of aromatic nitrogens is 3. The van der Waals surface area contributed by atoms with E-state index in [0.717, 1.165) is 12.8 Å². The van der Waals surface area contributed by atoms with Gasteiger partial charge in [0.25, 0.3) is 5.91 Å². The lowest BCUT2D eigenvalue weighted by molar-refractivity contribution is -0.117. The minimum Gasteiger partial charge on any atom is -0.431 e. The minimum atomic E-state index is -0.204. The van der Waals surface area contributed by atoms with Crippen molar-refractivity contribution in [3.63, 3.8) is 0 Å². The molecule has 2 aliphatic rings. The molecule has 2 aromatic heterocycles. The zero-order valence-electron chi connectivity index (χ0n) is 13.6. The van der Waals surface area contributed by atoms with Crippen LogP contribution in [0.1, 0.15) is 23.3 Å². The van der Waals surface area contributed by atoms with Crippen LogP contribution in [0.25, 0.3) is 0 Å². The van der Waals surface area contributed by atoms with Gasteiger partial charge in [-0.2, -0.15) is 4.98 Å². The average molecular weight is 342 g/mol. The first-order valence-corrected chi connectivity index (χ1v) is 8.28. The van der Waals surface area contributed by atoms with E-state index in [2.05, 4.69) is 20.3 Å². The van der Waals surface area contributed by atoms with Crippen LogP contribution in [0.4, 0.5) is 12.0 Å². The summed E-state index contributed by atoms with van der Waals surface area (Å²) in [6, 6.07) is 1.85. The molecule has 4 rings (SSSR count). The topological polar surface area (TPSA) is 104 Å². The second-order valence-corrected chi connectivity index (χ2v) is 6.13. The first-order valence-electron chi connectivity index (χ1n) is 8.28. The summed E-state index contributed by atoms with van der Waals surface area (Å²) in [5.41, 5.74) is 0.204. The second kappa shape index (κ2) is 6.50. The van der Waals surface area contributed by atoms with Crippen molar-refractivity contribution in [2.75, 3.05) is 36.4 Å². The third-order valence-corrected chi connectivity index (χ3v) is 4.30. The lowest BCUT2D eigenvalue weighted by Crippen LogP contribution is -2.49. The van der Waals surface area contributed by atoms with Gasteiger partial charge >= 0.3 is 6.01 Å². The Balaban J connectivity index is 1.34. The summed E-state index contributed by atoms with van der Waals surface area (Å²) >= 11 is 0. The molecule has 1 aliphatic heterocycles. The molecule has 25 heavy (non-hydrogen) atoms. The van der Waals surface area contributed by atoms with Gasteiger partial charge in [-0.25, -0.2) is 9.97 Å². The number of amides is 2. The number of rotatable bonds is 4. The van der Waals surface area contributed by atoms with Crippen molar-refractivity contribution < 1.29 is 14.0 Å². The highest BCUT2D eigenvalue weighted by Crippen LogP contribution is 2.30. The maximum Gasteiger partial charge on any atom is 0.302 e. The van der Waals surface area contributed by atoms with Gasteiger partial charge < -0.3 is 14.2 Å². The molecule has 0 spiro atoms. The van der Waals surface area contributed by atoms with E-state index < -0.39 is 0 Å². The summed E-state index contributed by atoms with van der Waals surface area (Å²) < 4.78 is 5.19. The summed E-state index contributed by atoms with van der Waals surface area (Å²) in [6.07, 6.45) is 6.48. The molecule has 0 unspecified atom stereocenters. The highest BCUT2D eigenvalue weighted by Gasteiger charge is 2.31. The van der Waals surface area contributed by atoms with E-state index >= 15 is 0 Å². The Morgan fingerprint density at radius 3 is 2.52 bits per heavy atom. The fourth-order valence-corrected chi connectivity index (χ4v) is 2.71. The molecule has 2 aromatic rings. The smallest absolute Gasteiger partial charge is 0.302 e. The summed E-state index contributed by atoms with van der Waals surface area (Å²) in [7, 11) is 0. The van der Waals surface area contributed by atoms with Gasteiger partial charge in [0.1, 0.15) is 6.26 Å². The van der Waals surface area contributed by atoms with Gasteiger partial charge in [0.2, 0.25) is 11.9 Å². The summed E-state index contributed by atoms with van der Waals surface area (Å²) in [4.78, 5) is 40.5. The maximum atomic E-state index is 12.5. The van der Waals surface area contributed by atoms with Crippen LogP contribution in [0.2, 0.25) is 0 Å². The fraction of sp³-hybridized carbons (Fsp3) is 0.438. The molecule has 9 heteroatoms. The van der Waals surface area contributed by atoms with Crippen LogP contribution >= 0.6 is 0 Å². The fourth-order valence-electron chi connectivity index (χ4n) is 2.71. The van der Waals surface area contributed by atoms with Crippen LogP contribution in [0.5, 0.6) is 0 Å². The molecule has 1 aliphatic carbocycles. The van der Waals surface area contributed by atoms with Crippen LogP contribution in [0, 0.1) is 5.92 Å². The molecule has 1 saturated carbocycles. The number of hydrogen-bond donors (Lipinski definition) is 1. The molecule has 1 saturated heterocycles. The van der Waals surface area contributed by atoms with Gasteiger partial charge in [-0.05, 0) is 18.9 Å². The van der Waals surface area contributed by atoms with Crippen molar-refractivity contribution in [3.8, 4) is 0 Å². The Bertz CT molecular complexity index is 765. The maximum absolute atomic E-state index is 12.5. The predicted octanol–water partition coefficient (Wildman–Crippen LogP) is 0.775. The zero-order valence-corrected chi connectivity index (χ0v) is 13.6. The first-order chi connectivity index (χ1) is 12.2. The van der Waals surface area contributed by atoms with Gasteiger partial charge in [-0.1, -0.05) is 0 Å². The van der Waals surface area contributed by atoms with E-state index in [9.17, 15) is 9.59 Å². The Hall–Kier alpha value is -2.97. The van der Waals surface area contributed by atoms with E-state index in [1.165, 1.54) is 6.26 Å². The third-order valence-electron chi connectivity index (χ3n) is 4.30. The molecule has 0 radical (unpaired) electrons. The van der Waals surface area contributed by atoms with Gasteiger partial charge in [-0.15, -0.1) is 0 Å². The quantitative estimate of drug-likeness (QED) is 0.875. The van der Waals surface area contributed by atoms with Gasteiger partial charge in [0.15, 0.2) is 5.69 Å². The zero-order chi connectivity index (χ0) is 17.2. The number of piperazine rings is 1. The summed E-state index contributed by atoms with van der Waals surface area (Å²) in [5.74, 6) is 0.419. The van der Waals surface area contributed by atoms with E-state index in [-0.39, 0.29) is 29.4 Å². The molecular formula is C16H18N6O3. The molecule has 2 amide bonds. The van der Waals surface area contributed by atoms with E-state index in [1.807, 2.05) is 4.90 Å². The number of oxazole rings is 1. The lowest BCUT2D eigenvalue weighted by atomic mass is 10.3. The molecule has 0 bridgehead atoms. The molecule has 0 atom stereocenters. The van der Waals surface area contributed by atoms with Crippen molar-refractivity contribution in [2.24, 2.45) is 5.92 Å². The second-order valence-electron chi connectivity index (χ2n) is 6.13. The standard InChI is InChI=1S/C16H18N6O3/c23-13(11-2-3-11)20-16-19-12(10-25-16)14(24)21-6-8-22(9-7-21)15-17-4-1-5-18-15/h1,4-5,10-11H,2-3,6-9H2,(H,19,20,23). The highest BCUT2D eigenvalue weighted by molar-refractivity contribution is 5.94. The van der Waals surface area contributed by atoms with Crippen molar-refractivity contribution >= 4 is 23.8 Å². The van der Waals surface area contributed by atoms with Crippen LogP contribution in [0.15, 0.2) is 29.1 Å². The predicted molar refractivity (Wildman–Crippen MR) is 88.0 cm³/mol. The molecule has 9 nitrogen and oxygen atoms in total. The number of carbonyl (C=O) groups excluding carboxylic acids is 2. The van der Waals surface area contributed by atoms with Crippen LogP contribution in [0.3, 0.4) is 0 Å². The Kier molecular flexibility index (Phi) is 4.04. The van der Waals surface area contributed by atoms with Crippen molar-refractivity contribution in [1.82, 2.24) is 19.9 Å². The number of nitrogens with zero attached hydrogens (tertiary/aromatic N) is 5. The normalized spacial score (nSPS) is 17.4. The van der Waals surface area contributed by atoms with E-state index in [0.29, 0.717) is 32.1 Å². The van der Waals surface area contributed by atoms with Gasteiger partial charge in [0, 0.05) is 44.5 Å². The van der Waals surface area contributed by atoms with Crippen molar-refractivity contribution in [3.05, 3.63) is 30.4 Å². The lowest BCUT2D eigenvalue weighted by Gasteiger charge is -2.34. The number of anilines is 2. The SMILES string of the molecule is O=C(Nc1nc(C(=O)N2CCN(c3ncccn3)CC2)co1)C1CC1. The molecular weight excluding hydrogens is 324 g/mol. The Morgan fingerprint density at radius 1 is 1.12 bits per heavy atom. The van der Waals surface area contributed by atoms with Crippen LogP contribution < -0.4 is 10.2 Å². The Morgan fingerprint density at radius 2 is 1.84 bits per heavy atom. The molecule has 3 heterocycles. The first kappa shape index (κ1) is 15.6. The number of carbonyl (C=O) groups is 2. The monoisotopic (exact) mass is 342 g/mol. The molecule has 0 aromatic carbocycles. The summed E-state index contributed by atoms with van der Waals surface area (Å²) in [6.45, 7) is 2.40. The van der Waals surface area contributed by atoms with Crippen LogP contribution in [-0.2, 0) is 4.79 Å². The molecule has 130 valence electrons. The Labute approximate surface area is 144 Å². The van der Waals surface area contributed by atoms with E-state index in [1.54, 1.807) is 23.4 Å². The highest BCUT2D eigenvalue weighted by atomic mass is 16.4. The largest absolute Gasteiger partial charge is 0.431 e. The van der Waals surface area contributed by atoms with Crippen LogP contribution in [-0.4, -0.2) is 57.8 Å². The van der Waals surface area contributed by atoms with Crippen molar-refractivity contribution in [1.29, 1.82) is 0 Å². The number of nitrogens with one attached hydrogen (secondary N) is 1. The average Bonchev–Trinajstić information content (AvgIpc) is 3.42. The van der Waals surface area contributed by atoms with Gasteiger partial charge in [0.05, 0.1) is 0 Å².